The van der Waals surface area contributed by atoms with E-state index in [4.69, 9.17) is 4.74 Å². The Kier molecular flexibility index (Phi) is 4.30. The maximum atomic E-state index is 12.5. The van der Waals surface area contributed by atoms with Gasteiger partial charge in [-0.25, -0.2) is 0 Å². The Bertz CT molecular complexity index is 817. The molecule has 2 atom stereocenters. The highest BCUT2D eigenvalue weighted by molar-refractivity contribution is 5.95. The lowest BCUT2D eigenvalue weighted by Gasteiger charge is -2.42. The second-order valence-electron chi connectivity index (χ2n) is 6.65. The number of carbonyl (C=O) groups excluding carboxylic acids is 2. The largest absolute Gasteiger partial charge is 0.485 e. The van der Waals surface area contributed by atoms with Gasteiger partial charge in [0.15, 0.2) is 5.78 Å². The Labute approximate surface area is 145 Å². The summed E-state index contributed by atoms with van der Waals surface area (Å²) in [7, 11) is 0. The van der Waals surface area contributed by atoms with Crippen LogP contribution in [0.5, 0.6) is 5.75 Å². The van der Waals surface area contributed by atoms with Gasteiger partial charge in [-0.15, -0.1) is 0 Å². The number of amides is 1. The van der Waals surface area contributed by atoms with E-state index in [-0.39, 0.29) is 11.7 Å². The predicted molar refractivity (Wildman–Crippen MR) is 91.6 cm³/mol. The highest BCUT2D eigenvalue weighted by Gasteiger charge is 2.43. The van der Waals surface area contributed by atoms with Gasteiger partial charge >= 0.3 is 0 Å². The van der Waals surface area contributed by atoms with Gasteiger partial charge in [-0.1, -0.05) is 0 Å². The predicted octanol–water partition coefficient (Wildman–Crippen LogP) is 2.29. The first-order valence-electron chi connectivity index (χ1n) is 8.02. The lowest BCUT2D eigenvalue weighted by Crippen LogP contribution is -2.53. The number of ether oxygens (including phenoxy) is 1. The first kappa shape index (κ1) is 17.1. The number of hydrogen-bond acceptors (Lipinski definition) is 5. The smallest absolute Gasteiger partial charge is 0.253 e. The van der Waals surface area contributed by atoms with Crippen LogP contribution in [0.1, 0.15) is 53.1 Å². The molecular formula is C19H20N2O4. The third kappa shape index (κ3) is 3.25. The van der Waals surface area contributed by atoms with Crippen molar-refractivity contribution in [2.75, 3.05) is 0 Å². The van der Waals surface area contributed by atoms with Crippen LogP contribution in [0.2, 0.25) is 0 Å². The van der Waals surface area contributed by atoms with Crippen LogP contribution in [-0.4, -0.2) is 33.5 Å². The Morgan fingerprint density at radius 3 is 2.64 bits per heavy atom. The number of nitrogens with zero attached hydrogens (tertiary/aromatic N) is 1. The van der Waals surface area contributed by atoms with Crippen LogP contribution in [0.4, 0.5) is 0 Å². The number of Topliss-reactive ketones (excluding diaryl/α,β-unsaturated/α-hetero) is 1. The molecule has 1 aliphatic heterocycles. The maximum Gasteiger partial charge on any atom is 0.253 e. The van der Waals surface area contributed by atoms with Crippen LogP contribution >= 0.6 is 0 Å². The van der Waals surface area contributed by atoms with Gasteiger partial charge in [0, 0.05) is 23.5 Å². The molecular weight excluding hydrogens is 320 g/mol. The summed E-state index contributed by atoms with van der Waals surface area (Å²) >= 11 is 0. The van der Waals surface area contributed by atoms with Crippen molar-refractivity contribution < 1.29 is 19.4 Å². The van der Waals surface area contributed by atoms with Crippen molar-refractivity contribution in [3.63, 3.8) is 0 Å². The Morgan fingerprint density at radius 2 is 2.00 bits per heavy atom. The molecule has 0 aliphatic carbocycles. The summed E-state index contributed by atoms with van der Waals surface area (Å²) in [6.07, 6.45) is 2.05. The Morgan fingerprint density at radius 1 is 1.24 bits per heavy atom. The fraction of sp³-hybridized carbons (Fsp3) is 0.316. The number of aromatic nitrogens is 1. The molecule has 0 saturated carbocycles. The molecule has 0 saturated heterocycles. The summed E-state index contributed by atoms with van der Waals surface area (Å²) in [5, 5.41) is 13.6. The molecule has 0 radical (unpaired) electrons. The SMILES string of the molecule is CC(=O)c1ccc2c(c1)[C@H](NC(=O)c1cccnc1)[C@@H](O)C(C)(C)O2. The number of ketones is 1. The molecule has 2 aromatic rings. The summed E-state index contributed by atoms with van der Waals surface area (Å²) in [5.41, 5.74) is 0.576. The number of benzene rings is 1. The van der Waals surface area contributed by atoms with E-state index in [0.29, 0.717) is 22.4 Å². The summed E-state index contributed by atoms with van der Waals surface area (Å²) in [4.78, 5) is 28.2. The van der Waals surface area contributed by atoms with E-state index in [0.717, 1.165) is 0 Å². The van der Waals surface area contributed by atoms with Crippen molar-refractivity contribution in [3.8, 4) is 5.75 Å². The number of hydrogen-bond donors (Lipinski definition) is 2. The number of rotatable bonds is 3. The molecule has 6 heteroatoms. The topological polar surface area (TPSA) is 88.5 Å². The average Bonchev–Trinajstić information content (AvgIpc) is 2.59. The normalized spacial score (nSPS) is 21.0. The van der Waals surface area contributed by atoms with Gasteiger partial charge in [0.05, 0.1) is 11.6 Å². The van der Waals surface area contributed by atoms with Gasteiger partial charge in [0.1, 0.15) is 17.5 Å². The minimum atomic E-state index is -0.983. The van der Waals surface area contributed by atoms with Gasteiger partial charge in [0.25, 0.3) is 5.91 Å². The molecule has 25 heavy (non-hydrogen) atoms. The molecule has 1 aromatic carbocycles. The standard InChI is InChI=1S/C19H20N2O4/c1-11(22)12-6-7-15-14(9-12)16(17(23)19(2,3)25-15)21-18(24)13-5-4-8-20-10-13/h4-10,16-17,23H,1-3H3,(H,21,24)/t16-,17+/m0/s1. The Balaban J connectivity index is 2.00. The third-order valence-electron chi connectivity index (χ3n) is 4.36. The van der Waals surface area contributed by atoms with Gasteiger partial charge < -0.3 is 15.2 Å². The van der Waals surface area contributed by atoms with Crippen molar-refractivity contribution in [1.82, 2.24) is 10.3 Å². The van der Waals surface area contributed by atoms with Crippen LogP contribution < -0.4 is 10.1 Å². The second-order valence-corrected chi connectivity index (χ2v) is 6.65. The van der Waals surface area contributed by atoms with E-state index in [1.165, 1.54) is 13.1 Å². The zero-order chi connectivity index (χ0) is 18.2. The van der Waals surface area contributed by atoms with Gasteiger partial charge in [-0.05, 0) is 51.1 Å². The highest BCUT2D eigenvalue weighted by Crippen LogP contribution is 2.40. The summed E-state index contributed by atoms with van der Waals surface area (Å²) in [5.74, 6) is 0.0882. The Hall–Kier alpha value is -2.73. The monoisotopic (exact) mass is 340 g/mol. The molecule has 0 unspecified atom stereocenters. The number of aliphatic hydroxyl groups is 1. The third-order valence-corrected chi connectivity index (χ3v) is 4.36. The van der Waals surface area contributed by atoms with E-state index in [1.807, 2.05) is 0 Å². The van der Waals surface area contributed by atoms with Crippen LogP contribution in [0.25, 0.3) is 0 Å². The molecule has 1 amide bonds. The summed E-state index contributed by atoms with van der Waals surface area (Å²) in [6, 6.07) is 7.64. The van der Waals surface area contributed by atoms with E-state index in [9.17, 15) is 14.7 Å². The molecule has 0 bridgehead atoms. The molecule has 1 aromatic heterocycles. The summed E-state index contributed by atoms with van der Waals surface area (Å²) < 4.78 is 5.86. The van der Waals surface area contributed by atoms with Crippen molar-refractivity contribution in [2.24, 2.45) is 0 Å². The zero-order valence-electron chi connectivity index (χ0n) is 14.3. The van der Waals surface area contributed by atoms with Crippen LogP contribution in [-0.2, 0) is 0 Å². The van der Waals surface area contributed by atoms with Crippen LogP contribution in [0.15, 0.2) is 42.7 Å². The van der Waals surface area contributed by atoms with Gasteiger partial charge in [0.2, 0.25) is 0 Å². The van der Waals surface area contributed by atoms with Crippen molar-refractivity contribution in [2.45, 2.75) is 38.5 Å². The van der Waals surface area contributed by atoms with E-state index in [1.54, 1.807) is 50.4 Å². The van der Waals surface area contributed by atoms with Crippen molar-refractivity contribution >= 4 is 11.7 Å². The fourth-order valence-corrected chi connectivity index (χ4v) is 2.90. The minimum Gasteiger partial charge on any atom is -0.485 e. The van der Waals surface area contributed by atoms with Crippen molar-refractivity contribution in [3.05, 3.63) is 59.4 Å². The first-order chi connectivity index (χ1) is 11.8. The molecule has 0 fully saturated rings. The lowest BCUT2D eigenvalue weighted by molar-refractivity contribution is -0.0627. The number of fused-ring (bicyclic) bond motifs is 1. The number of pyridine rings is 1. The maximum absolute atomic E-state index is 12.5. The molecule has 1 aliphatic rings. The molecule has 3 rings (SSSR count). The van der Waals surface area contributed by atoms with Crippen LogP contribution in [0, 0.1) is 0 Å². The van der Waals surface area contributed by atoms with Crippen LogP contribution in [0.3, 0.4) is 0 Å². The molecule has 6 nitrogen and oxygen atoms in total. The molecule has 0 spiro atoms. The average molecular weight is 340 g/mol. The quantitative estimate of drug-likeness (QED) is 0.837. The fourth-order valence-electron chi connectivity index (χ4n) is 2.90. The highest BCUT2D eigenvalue weighted by atomic mass is 16.5. The number of aliphatic hydroxyl groups excluding tert-OH is 1. The van der Waals surface area contributed by atoms with E-state index in [2.05, 4.69) is 10.3 Å². The number of nitrogens with one attached hydrogen (secondary N) is 1. The summed E-state index contributed by atoms with van der Waals surface area (Å²) in [6.45, 7) is 4.97. The van der Waals surface area contributed by atoms with Crippen molar-refractivity contribution in [1.29, 1.82) is 0 Å². The first-order valence-corrected chi connectivity index (χ1v) is 8.02. The van der Waals surface area contributed by atoms with E-state index >= 15 is 0 Å². The second kappa shape index (κ2) is 6.29. The zero-order valence-corrected chi connectivity index (χ0v) is 14.3. The number of carbonyl (C=O) groups is 2. The van der Waals surface area contributed by atoms with Gasteiger partial charge in [-0.3, -0.25) is 14.6 Å². The van der Waals surface area contributed by atoms with E-state index < -0.39 is 17.7 Å². The lowest BCUT2D eigenvalue weighted by atomic mass is 9.85. The molecule has 2 N–H and O–H groups in total. The molecule has 130 valence electrons. The molecule has 2 heterocycles. The minimum absolute atomic E-state index is 0.0977. The van der Waals surface area contributed by atoms with Gasteiger partial charge in [-0.2, -0.15) is 0 Å².